The molecule has 4 bridgehead atoms. The number of methoxy groups -OCH3 is 1. The number of allylic oxidation sites excluding steroid dienone is 4. The lowest BCUT2D eigenvalue weighted by atomic mass is 9.44. The van der Waals surface area contributed by atoms with Gasteiger partial charge in [0.05, 0.1) is 35.6 Å². The molecule has 3 aliphatic carbocycles. The van der Waals surface area contributed by atoms with Gasteiger partial charge in [0.15, 0.2) is 22.7 Å². The van der Waals surface area contributed by atoms with Gasteiger partial charge in [-0.1, -0.05) is 29.4 Å². The summed E-state index contributed by atoms with van der Waals surface area (Å²) < 4.78 is 33.7. The number of esters is 2. The Morgan fingerprint density at radius 3 is 2.32 bits per heavy atom. The Morgan fingerprint density at radius 1 is 0.985 bits per heavy atom. The zero-order chi connectivity index (χ0) is 47.1. The summed E-state index contributed by atoms with van der Waals surface area (Å²) in [5.74, 6) is -4.00. The van der Waals surface area contributed by atoms with E-state index in [1.54, 1.807) is 29.8 Å². The topological polar surface area (TPSA) is 172 Å². The third-order valence-electron chi connectivity index (χ3n) is 14.9. The first-order valence-electron chi connectivity index (χ1n) is 22.9. The van der Waals surface area contributed by atoms with Crippen molar-refractivity contribution in [3.8, 4) is 23.3 Å². The quantitative estimate of drug-likeness (QED) is 0.0797. The Bertz CT molecular complexity index is 2470. The molecule has 2 saturated heterocycles. The van der Waals surface area contributed by atoms with Crippen molar-refractivity contribution in [1.29, 1.82) is 10.7 Å². The molecule has 5 aliphatic heterocycles. The highest BCUT2D eigenvalue weighted by Gasteiger charge is 2.84. The number of nitrogens with zero attached hydrogens (tertiary/aromatic N) is 4. The average Bonchev–Trinajstić information content (AvgIpc) is 3.39. The monoisotopic (exact) mass is 889 g/mol. The van der Waals surface area contributed by atoms with Gasteiger partial charge in [0.25, 0.3) is 0 Å². The van der Waals surface area contributed by atoms with Crippen LogP contribution in [0.2, 0.25) is 0 Å². The highest BCUT2D eigenvalue weighted by molar-refractivity contribution is 6.07. The number of carbonyl (C=O) groups is 4. The largest absolute Gasteiger partial charge is 0.482 e. The van der Waals surface area contributed by atoms with Crippen LogP contribution in [0.3, 0.4) is 0 Å². The molecule has 65 heavy (non-hydrogen) atoms. The molecular weight excluding hydrogens is 827 g/mol. The van der Waals surface area contributed by atoms with Crippen molar-refractivity contribution >= 4 is 41.2 Å². The van der Waals surface area contributed by atoms with E-state index in [-0.39, 0.29) is 29.7 Å². The molecule has 14 nitrogen and oxygen atoms in total. The van der Waals surface area contributed by atoms with Crippen LogP contribution in [0.4, 0.5) is 0 Å². The average molecular weight is 890 g/mol. The lowest BCUT2D eigenvalue weighted by molar-refractivity contribution is -0.183. The van der Waals surface area contributed by atoms with Crippen LogP contribution in [0.25, 0.3) is 11.8 Å². The van der Waals surface area contributed by atoms with Crippen molar-refractivity contribution in [2.45, 2.75) is 116 Å². The van der Waals surface area contributed by atoms with E-state index >= 15 is 4.79 Å². The van der Waals surface area contributed by atoms with Gasteiger partial charge in [-0.15, -0.1) is 0 Å². The molecule has 1 N–H and O–H groups in total. The molecule has 5 fully saturated rings. The van der Waals surface area contributed by atoms with Gasteiger partial charge in [-0.2, -0.15) is 5.26 Å². The Hall–Kier alpha value is -5.52. The molecule has 1 amide bonds. The number of nitriles is 1. The number of nitrogens with one attached hydrogen (secondary N) is 1. The maximum Gasteiger partial charge on any atom is 0.333 e. The van der Waals surface area contributed by atoms with Gasteiger partial charge in [0.2, 0.25) is 5.91 Å². The second kappa shape index (κ2) is 16.4. The first-order chi connectivity index (χ1) is 30.6. The number of hydrogen-bond donors (Lipinski definition) is 1. The third kappa shape index (κ3) is 7.15. The number of ketones is 1. The third-order valence-corrected chi connectivity index (χ3v) is 14.9. The van der Waals surface area contributed by atoms with Crippen LogP contribution in [0, 0.1) is 40.4 Å². The first kappa shape index (κ1) is 46.0. The number of piperazine rings is 1. The number of amidine groups is 1. The Labute approximate surface area is 382 Å². The normalized spacial score (nSPS) is 30.3. The van der Waals surface area contributed by atoms with Crippen LogP contribution in [-0.4, -0.2) is 114 Å². The summed E-state index contributed by atoms with van der Waals surface area (Å²) in [5.41, 5.74) is 0.192. The van der Waals surface area contributed by atoms with E-state index in [2.05, 4.69) is 37.0 Å². The second-order valence-electron chi connectivity index (χ2n) is 20.2. The van der Waals surface area contributed by atoms with E-state index < -0.39 is 64.4 Å². The molecule has 7 atom stereocenters. The summed E-state index contributed by atoms with van der Waals surface area (Å²) in [5, 5.41) is 20.5. The van der Waals surface area contributed by atoms with Gasteiger partial charge in [0, 0.05) is 74.1 Å². The minimum absolute atomic E-state index is 0.00710. The molecule has 3 saturated carbocycles. The molecular formula is C51H63N5O9. The fourth-order valence-corrected chi connectivity index (χ4v) is 11.6. The van der Waals surface area contributed by atoms with Crippen LogP contribution in [0.5, 0.6) is 17.2 Å². The number of likely N-dealkylation sites (N-methyl/N-ethyl adjacent to an activating group) is 1. The highest BCUT2D eigenvalue weighted by Crippen LogP contribution is 2.74. The number of amides is 1. The number of fused-ring (bicyclic) bond motifs is 3. The summed E-state index contributed by atoms with van der Waals surface area (Å²) >= 11 is 0. The first-order valence-corrected chi connectivity index (χ1v) is 22.9. The Kier molecular flexibility index (Phi) is 11.6. The van der Waals surface area contributed by atoms with Crippen molar-refractivity contribution in [3.05, 3.63) is 63.3 Å². The lowest BCUT2D eigenvalue weighted by Crippen LogP contribution is -2.76. The summed E-state index contributed by atoms with van der Waals surface area (Å²) in [6.45, 7) is 18.0. The molecule has 5 heterocycles. The van der Waals surface area contributed by atoms with Crippen LogP contribution in [0.1, 0.15) is 104 Å². The molecule has 0 aromatic heterocycles. The van der Waals surface area contributed by atoms with Gasteiger partial charge < -0.3 is 38.4 Å². The fraction of sp³-hybridized carbons (Fsp3) is 0.569. The maximum atomic E-state index is 15.5. The van der Waals surface area contributed by atoms with E-state index in [0.717, 1.165) is 12.0 Å². The number of hydrogen-bond acceptors (Lipinski definition) is 12. The Balaban J connectivity index is 1.43. The molecule has 346 valence electrons. The van der Waals surface area contributed by atoms with E-state index in [1.807, 2.05) is 53.8 Å². The zero-order valence-corrected chi connectivity index (χ0v) is 39.7. The minimum Gasteiger partial charge on any atom is -0.482 e. The summed E-state index contributed by atoms with van der Waals surface area (Å²) in [6, 6.07) is 2.39. The molecule has 7 unspecified atom stereocenters. The second-order valence-corrected chi connectivity index (χ2v) is 20.2. The van der Waals surface area contributed by atoms with Gasteiger partial charge in [0.1, 0.15) is 35.3 Å². The molecule has 9 rings (SSSR count). The van der Waals surface area contributed by atoms with Gasteiger partial charge in [-0.25, -0.2) is 4.79 Å². The summed E-state index contributed by atoms with van der Waals surface area (Å²) in [6.07, 6.45) is 11.3. The summed E-state index contributed by atoms with van der Waals surface area (Å²) in [4.78, 5) is 61.9. The number of ether oxygens (including phenoxy) is 5. The van der Waals surface area contributed by atoms with E-state index in [9.17, 15) is 25.1 Å². The van der Waals surface area contributed by atoms with Gasteiger partial charge >= 0.3 is 11.9 Å². The molecule has 1 aromatic carbocycles. The number of carbonyl (C=O) groups excluding carboxylic acids is 4. The number of Topliss-reactive ketones (excluding diaryl/α,β-unsaturated/α-hetero) is 1. The zero-order valence-electron chi connectivity index (χ0n) is 39.7. The Morgan fingerprint density at radius 2 is 1.68 bits per heavy atom. The van der Waals surface area contributed by atoms with Crippen LogP contribution < -0.4 is 14.2 Å². The number of rotatable bonds is 11. The predicted octanol–water partition coefficient (Wildman–Crippen LogP) is 6.97. The molecule has 1 spiro atoms. The van der Waals surface area contributed by atoms with Crippen molar-refractivity contribution in [3.63, 3.8) is 0 Å². The predicted molar refractivity (Wildman–Crippen MR) is 244 cm³/mol. The van der Waals surface area contributed by atoms with Gasteiger partial charge in [-0.05, 0) is 100 Å². The molecule has 14 heteroatoms. The number of benzene rings is 1. The molecule has 1 aromatic rings. The van der Waals surface area contributed by atoms with Crippen molar-refractivity contribution in [1.82, 2.24) is 14.7 Å². The summed E-state index contributed by atoms with van der Waals surface area (Å²) in [7, 11) is 5.02. The van der Waals surface area contributed by atoms with E-state index in [4.69, 9.17) is 23.7 Å². The van der Waals surface area contributed by atoms with E-state index in [0.29, 0.717) is 90.5 Å². The van der Waals surface area contributed by atoms with Crippen molar-refractivity contribution in [2.24, 2.45) is 23.7 Å². The minimum atomic E-state index is -1.68. The smallest absolute Gasteiger partial charge is 0.333 e. The SMILES string of the molecule is COC(=O)C(C)=CCC12OC(C)(C)C3CC(C1=O)C1C4=C(c5c(OC(=O)CC(=O)N6CCN(C)CC6)c6c(c(CC=C(C)C)c5OC432)OC(C)(CCC=C(C)C)C=C6)N(C)C(=N)C1C#N. The van der Waals surface area contributed by atoms with Gasteiger partial charge in [-0.3, -0.25) is 19.8 Å². The van der Waals surface area contributed by atoms with E-state index in [1.165, 1.54) is 12.7 Å². The lowest BCUT2D eigenvalue weighted by Gasteiger charge is -2.64. The molecule has 8 aliphatic rings. The van der Waals surface area contributed by atoms with Crippen molar-refractivity contribution in [2.75, 3.05) is 47.4 Å². The fourth-order valence-electron chi connectivity index (χ4n) is 11.6. The van der Waals surface area contributed by atoms with Crippen LogP contribution in [0.15, 0.2) is 46.6 Å². The van der Waals surface area contributed by atoms with Crippen LogP contribution in [-0.2, 0) is 35.1 Å². The maximum absolute atomic E-state index is 15.5. The van der Waals surface area contributed by atoms with Crippen LogP contribution >= 0.6 is 0 Å². The standard InChI is InChI=1S/C51H63N5O9/c1-28(2)13-12-18-49(8)19-17-32-42(63-49)31(15-14-29(3)4)44-39(43(32)62-37(58)26-36(57)56-23-21-54(9)22-24-56)41-40-38(34(27-52)46(53)55(41)10)33-25-35-48(6,7)65-50(45(33)59,51(35,40)64-44)20-16-30(5)47(60)61-11/h13-14,16-17,19,33-35,38,53H,12,15,18,20-26H2,1-11H3. The molecule has 0 radical (unpaired) electrons. The highest BCUT2D eigenvalue weighted by atomic mass is 16.6. The van der Waals surface area contributed by atoms with Crippen molar-refractivity contribution < 1.29 is 42.9 Å².